The van der Waals surface area contributed by atoms with E-state index in [1.807, 2.05) is 20.8 Å². The third-order valence-corrected chi connectivity index (χ3v) is 4.42. The molecule has 112 valence electrons. The Morgan fingerprint density at radius 1 is 1.35 bits per heavy atom. The number of sulfone groups is 1. The van der Waals surface area contributed by atoms with Crippen molar-refractivity contribution in [3.63, 3.8) is 0 Å². The molecular formula is C13H17ClO5S. The summed E-state index contributed by atoms with van der Waals surface area (Å²) in [6, 6.07) is 3.63. The van der Waals surface area contributed by atoms with Crippen molar-refractivity contribution in [2.45, 2.75) is 31.3 Å². The van der Waals surface area contributed by atoms with Crippen LogP contribution in [0.5, 0.6) is 0 Å². The first-order valence-corrected chi connectivity index (χ1v) is 7.95. The summed E-state index contributed by atoms with van der Waals surface area (Å²) in [6.45, 7) is 5.51. The molecule has 1 rings (SSSR count). The summed E-state index contributed by atoms with van der Waals surface area (Å²) in [5, 5.41) is 8.94. The molecular weight excluding hydrogens is 304 g/mol. The predicted molar refractivity (Wildman–Crippen MR) is 76.2 cm³/mol. The Morgan fingerprint density at radius 2 is 1.95 bits per heavy atom. The molecule has 0 unspecified atom stereocenters. The maximum absolute atomic E-state index is 12.1. The predicted octanol–water partition coefficient (Wildman–Crippen LogP) is 2.63. The number of carboxylic acids is 1. The highest BCUT2D eigenvalue weighted by molar-refractivity contribution is 7.91. The van der Waals surface area contributed by atoms with E-state index in [-0.39, 0.29) is 27.8 Å². The lowest BCUT2D eigenvalue weighted by Gasteiger charge is -2.19. The van der Waals surface area contributed by atoms with Crippen LogP contribution in [0.15, 0.2) is 23.1 Å². The van der Waals surface area contributed by atoms with Gasteiger partial charge < -0.3 is 9.84 Å². The molecule has 0 amide bonds. The van der Waals surface area contributed by atoms with Crippen LogP contribution in [0.25, 0.3) is 0 Å². The minimum Gasteiger partial charge on any atom is -0.478 e. The molecule has 1 aromatic carbocycles. The quantitative estimate of drug-likeness (QED) is 0.902. The van der Waals surface area contributed by atoms with Crippen LogP contribution in [0.4, 0.5) is 0 Å². The van der Waals surface area contributed by atoms with Crippen molar-refractivity contribution in [3.05, 3.63) is 28.8 Å². The lowest BCUT2D eigenvalue weighted by atomic mass is 10.2. The zero-order chi connectivity index (χ0) is 15.6. The van der Waals surface area contributed by atoms with Gasteiger partial charge >= 0.3 is 5.97 Å². The fourth-order valence-corrected chi connectivity index (χ4v) is 2.75. The van der Waals surface area contributed by atoms with E-state index in [2.05, 4.69) is 0 Å². The molecule has 0 aromatic heterocycles. The van der Waals surface area contributed by atoms with E-state index in [1.54, 1.807) is 0 Å². The smallest absolute Gasteiger partial charge is 0.337 e. The van der Waals surface area contributed by atoms with Gasteiger partial charge in [0.05, 0.1) is 33.4 Å². The number of carbonyl (C=O) groups is 1. The second-order valence-corrected chi connectivity index (χ2v) is 7.74. The van der Waals surface area contributed by atoms with E-state index >= 15 is 0 Å². The summed E-state index contributed by atoms with van der Waals surface area (Å²) in [7, 11) is -3.60. The highest BCUT2D eigenvalue weighted by Crippen LogP contribution is 2.21. The van der Waals surface area contributed by atoms with Crippen molar-refractivity contribution in [2.75, 3.05) is 12.4 Å². The Morgan fingerprint density at radius 3 is 2.45 bits per heavy atom. The molecule has 0 aliphatic heterocycles. The average Bonchev–Trinajstić information content (AvgIpc) is 2.26. The van der Waals surface area contributed by atoms with Crippen LogP contribution in [0.2, 0.25) is 5.02 Å². The number of carboxylic acid groups (broad SMARTS) is 1. The van der Waals surface area contributed by atoms with Crippen LogP contribution in [0, 0.1) is 0 Å². The number of hydrogen-bond acceptors (Lipinski definition) is 4. The van der Waals surface area contributed by atoms with Gasteiger partial charge in [-0.3, -0.25) is 0 Å². The number of benzene rings is 1. The standard InChI is InChI=1S/C13H17ClO5S/c1-13(2,3)19-6-7-20(17,18)9-4-5-11(14)10(8-9)12(15)16/h4-5,8H,6-7H2,1-3H3,(H,15,16). The molecule has 0 bridgehead atoms. The molecule has 5 nitrogen and oxygen atoms in total. The zero-order valence-electron chi connectivity index (χ0n) is 11.5. The largest absolute Gasteiger partial charge is 0.478 e. The summed E-state index contributed by atoms with van der Waals surface area (Å²) >= 11 is 5.71. The first-order valence-electron chi connectivity index (χ1n) is 5.92. The van der Waals surface area contributed by atoms with Crippen LogP contribution >= 0.6 is 11.6 Å². The summed E-state index contributed by atoms with van der Waals surface area (Å²) in [5.41, 5.74) is -0.661. The van der Waals surface area contributed by atoms with Crippen molar-refractivity contribution in [3.8, 4) is 0 Å². The molecule has 0 saturated carbocycles. The van der Waals surface area contributed by atoms with Gasteiger partial charge in [-0.15, -0.1) is 0 Å². The molecule has 1 aromatic rings. The van der Waals surface area contributed by atoms with E-state index in [0.717, 1.165) is 6.07 Å². The van der Waals surface area contributed by atoms with Crippen LogP contribution in [0.3, 0.4) is 0 Å². The van der Waals surface area contributed by atoms with Crippen molar-refractivity contribution in [1.29, 1.82) is 0 Å². The zero-order valence-corrected chi connectivity index (χ0v) is 13.1. The monoisotopic (exact) mass is 320 g/mol. The Kier molecular flexibility index (Phi) is 5.18. The third kappa shape index (κ3) is 4.77. The third-order valence-electron chi connectivity index (χ3n) is 2.41. The number of hydrogen-bond donors (Lipinski definition) is 1. The van der Waals surface area contributed by atoms with E-state index in [0.29, 0.717) is 0 Å². The molecule has 0 aliphatic carbocycles. The number of ether oxygens (including phenoxy) is 1. The molecule has 0 heterocycles. The van der Waals surface area contributed by atoms with Crippen LogP contribution < -0.4 is 0 Å². The minimum atomic E-state index is -3.60. The van der Waals surface area contributed by atoms with E-state index < -0.39 is 21.4 Å². The fourth-order valence-electron chi connectivity index (χ4n) is 1.44. The summed E-state index contributed by atoms with van der Waals surface area (Å²) in [5.74, 6) is -1.48. The van der Waals surface area contributed by atoms with Gasteiger partial charge in [-0.25, -0.2) is 13.2 Å². The highest BCUT2D eigenvalue weighted by Gasteiger charge is 2.20. The van der Waals surface area contributed by atoms with Crippen LogP contribution in [-0.4, -0.2) is 37.5 Å². The summed E-state index contributed by atoms with van der Waals surface area (Å²) in [4.78, 5) is 10.9. The minimum absolute atomic E-state index is 0.00221. The van der Waals surface area contributed by atoms with Gasteiger partial charge in [-0.2, -0.15) is 0 Å². The Bertz CT molecular complexity index is 602. The van der Waals surface area contributed by atoms with Crippen molar-refractivity contribution in [1.82, 2.24) is 0 Å². The molecule has 0 radical (unpaired) electrons. The van der Waals surface area contributed by atoms with Gasteiger partial charge in [0.25, 0.3) is 0 Å². The van der Waals surface area contributed by atoms with Gasteiger partial charge in [0.15, 0.2) is 9.84 Å². The Hall–Kier alpha value is -1.11. The Balaban J connectivity index is 2.93. The van der Waals surface area contributed by atoms with Gasteiger partial charge in [0.2, 0.25) is 0 Å². The SMILES string of the molecule is CC(C)(C)OCCS(=O)(=O)c1ccc(Cl)c(C(=O)O)c1. The topological polar surface area (TPSA) is 80.7 Å². The van der Waals surface area contributed by atoms with Gasteiger partial charge in [-0.1, -0.05) is 11.6 Å². The molecule has 0 aliphatic rings. The van der Waals surface area contributed by atoms with Gasteiger partial charge in [-0.05, 0) is 39.0 Å². The highest BCUT2D eigenvalue weighted by atomic mass is 35.5. The second-order valence-electron chi connectivity index (χ2n) is 5.23. The fraction of sp³-hybridized carbons (Fsp3) is 0.462. The summed E-state index contributed by atoms with van der Waals surface area (Å²) < 4.78 is 29.5. The van der Waals surface area contributed by atoms with Crippen molar-refractivity contribution in [2.24, 2.45) is 0 Å². The number of aromatic carboxylic acids is 1. The molecule has 1 N–H and O–H groups in total. The normalized spacial score (nSPS) is 12.4. The maximum atomic E-state index is 12.1. The average molecular weight is 321 g/mol. The van der Waals surface area contributed by atoms with Gasteiger partial charge in [0, 0.05) is 0 Å². The van der Waals surface area contributed by atoms with E-state index in [4.69, 9.17) is 21.4 Å². The van der Waals surface area contributed by atoms with E-state index in [9.17, 15) is 13.2 Å². The molecule has 0 atom stereocenters. The van der Waals surface area contributed by atoms with E-state index in [1.165, 1.54) is 12.1 Å². The van der Waals surface area contributed by atoms with Crippen molar-refractivity contribution < 1.29 is 23.1 Å². The number of halogens is 1. The van der Waals surface area contributed by atoms with Gasteiger partial charge in [0.1, 0.15) is 0 Å². The van der Waals surface area contributed by atoms with Crippen molar-refractivity contribution >= 4 is 27.4 Å². The second kappa shape index (κ2) is 6.11. The number of rotatable bonds is 5. The Labute approximate surface area is 123 Å². The first kappa shape index (κ1) is 16.9. The maximum Gasteiger partial charge on any atom is 0.337 e. The lowest BCUT2D eigenvalue weighted by molar-refractivity contribution is 0.00644. The van der Waals surface area contributed by atoms with Crippen LogP contribution in [-0.2, 0) is 14.6 Å². The molecule has 7 heteroatoms. The molecule has 0 saturated heterocycles. The molecule has 0 spiro atoms. The first-order chi connectivity index (χ1) is 9.03. The van der Waals surface area contributed by atoms with Crippen LogP contribution in [0.1, 0.15) is 31.1 Å². The lowest BCUT2D eigenvalue weighted by Crippen LogP contribution is -2.23. The summed E-state index contributed by atoms with van der Waals surface area (Å²) in [6.07, 6.45) is 0. The molecule has 0 fully saturated rings. The molecule has 20 heavy (non-hydrogen) atoms.